The van der Waals surface area contributed by atoms with E-state index in [2.05, 4.69) is 0 Å². The van der Waals surface area contributed by atoms with E-state index in [1.807, 2.05) is 24.0 Å². The molecule has 0 aliphatic carbocycles. The number of carbonyl (C=O) groups excluding carboxylic acids is 1. The van der Waals surface area contributed by atoms with Gasteiger partial charge in [0.15, 0.2) is 0 Å². The lowest BCUT2D eigenvalue weighted by molar-refractivity contribution is -0.137. The third-order valence-corrected chi connectivity index (χ3v) is 7.10. The number of aliphatic carboxylic acids is 1. The van der Waals surface area contributed by atoms with Crippen molar-refractivity contribution >= 4 is 57.7 Å². The van der Waals surface area contributed by atoms with Crippen LogP contribution in [-0.4, -0.2) is 68.4 Å². The third-order valence-electron chi connectivity index (χ3n) is 5.72. The summed E-state index contributed by atoms with van der Waals surface area (Å²) in [6, 6.07) is 3.72. The molecule has 0 spiro atoms. The summed E-state index contributed by atoms with van der Waals surface area (Å²) < 4.78 is 7.40. The van der Waals surface area contributed by atoms with Crippen molar-refractivity contribution in [2.45, 2.75) is 32.6 Å². The van der Waals surface area contributed by atoms with Gasteiger partial charge in [0, 0.05) is 32.3 Å². The first-order valence-corrected chi connectivity index (χ1v) is 12.4. The molecular formula is C23H26N4O5S2. The fraction of sp³-hybridized carbons (Fsp3) is 0.435. The standard InChI is InChI=1S/C23H26N4O5S2/c1-15-6-7-18-24-20(25-9-11-32-12-10-25)16(21(30)27(18)14-15)13-17-22(31)26(23(33)34-17)8-4-2-3-5-19(28)29/h6-7,13-14H,2-5,8-12H2,1H3,(H,28,29)/b17-13-. The zero-order valence-corrected chi connectivity index (χ0v) is 20.5. The topological polar surface area (TPSA) is 104 Å². The quantitative estimate of drug-likeness (QED) is 0.331. The van der Waals surface area contributed by atoms with Crippen LogP contribution in [0.2, 0.25) is 0 Å². The Balaban J connectivity index is 1.64. The number of carbonyl (C=O) groups is 2. The van der Waals surface area contributed by atoms with E-state index in [-0.39, 0.29) is 17.9 Å². The molecule has 2 aromatic rings. The maximum absolute atomic E-state index is 13.5. The van der Waals surface area contributed by atoms with Crippen LogP contribution < -0.4 is 10.5 Å². The molecule has 0 saturated carbocycles. The molecule has 2 aliphatic heterocycles. The number of morpholine rings is 1. The molecule has 34 heavy (non-hydrogen) atoms. The van der Waals surface area contributed by atoms with Crippen LogP contribution in [0, 0.1) is 6.92 Å². The molecule has 4 rings (SSSR count). The second-order valence-corrected chi connectivity index (χ2v) is 9.90. The van der Waals surface area contributed by atoms with E-state index in [1.165, 1.54) is 21.1 Å². The SMILES string of the molecule is Cc1ccc2nc(N3CCOCC3)c(/C=C3\SC(=S)N(CCCCCC(=O)O)C3=O)c(=O)n2c1. The Morgan fingerprint density at radius 3 is 2.74 bits per heavy atom. The summed E-state index contributed by atoms with van der Waals surface area (Å²) in [7, 11) is 0. The second kappa shape index (κ2) is 10.7. The van der Waals surface area contributed by atoms with Crippen LogP contribution in [0.15, 0.2) is 28.0 Å². The van der Waals surface area contributed by atoms with Crippen molar-refractivity contribution in [3.8, 4) is 0 Å². The van der Waals surface area contributed by atoms with Gasteiger partial charge in [-0.3, -0.25) is 23.7 Å². The number of carboxylic acids is 1. The Bertz CT molecular complexity index is 1220. The number of amides is 1. The third kappa shape index (κ3) is 5.31. The highest BCUT2D eigenvalue weighted by Crippen LogP contribution is 2.34. The fourth-order valence-corrected chi connectivity index (χ4v) is 5.23. The lowest BCUT2D eigenvalue weighted by Crippen LogP contribution is -2.38. The number of pyridine rings is 1. The van der Waals surface area contributed by atoms with Gasteiger partial charge in [-0.2, -0.15) is 0 Å². The van der Waals surface area contributed by atoms with Gasteiger partial charge >= 0.3 is 5.97 Å². The molecule has 11 heteroatoms. The molecule has 2 aromatic heterocycles. The van der Waals surface area contributed by atoms with Crippen molar-refractivity contribution in [1.82, 2.24) is 14.3 Å². The Hall–Kier alpha value is -2.76. The van der Waals surface area contributed by atoms with Gasteiger partial charge in [-0.1, -0.05) is 36.5 Å². The van der Waals surface area contributed by atoms with Crippen LogP contribution in [0.4, 0.5) is 5.82 Å². The van der Waals surface area contributed by atoms with Gasteiger partial charge in [-0.15, -0.1) is 0 Å². The van der Waals surface area contributed by atoms with Gasteiger partial charge in [-0.25, -0.2) is 4.98 Å². The minimum absolute atomic E-state index is 0.112. The highest BCUT2D eigenvalue weighted by molar-refractivity contribution is 8.26. The van der Waals surface area contributed by atoms with E-state index >= 15 is 0 Å². The molecule has 1 N–H and O–H groups in total. The molecular weight excluding hydrogens is 476 g/mol. The van der Waals surface area contributed by atoms with E-state index in [9.17, 15) is 14.4 Å². The van der Waals surface area contributed by atoms with Crippen molar-refractivity contribution in [2.24, 2.45) is 0 Å². The number of anilines is 1. The van der Waals surface area contributed by atoms with Gasteiger partial charge < -0.3 is 14.7 Å². The number of aryl methyl sites for hydroxylation is 1. The first-order valence-electron chi connectivity index (χ1n) is 11.2. The van der Waals surface area contributed by atoms with Crippen molar-refractivity contribution in [3.63, 3.8) is 0 Å². The molecule has 0 radical (unpaired) electrons. The van der Waals surface area contributed by atoms with E-state index in [4.69, 9.17) is 27.0 Å². The number of thiocarbonyl (C=S) groups is 1. The number of carboxylic acid groups (broad SMARTS) is 1. The van der Waals surface area contributed by atoms with Crippen molar-refractivity contribution < 1.29 is 19.4 Å². The van der Waals surface area contributed by atoms with E-state index in [1.54, 1.807) is 12.3 Å². The predicted molar refractivity (Wildman–Crippen MR) is 135 cm³/mol. The molecule has 2 aliphatic rings. The number of hydrogen-bond acceptors (Lipinski definition) is 8. The average molecular weight is 503 g/mol. The van der Waals surface area contributed by atoms with Gasteiger partial charge in [-0.05, 0) is 37.5 Å². The van der Waals surface area contributed by atoms with Crippen LogP contribution in [0.5, 0.6) is 0 Å². The monoisotopic (exact) mass is 502 g/mol. The van der Waals surface area contributed by atoms with Gasteiger partial charge in [0.1, 0.15) is 15.8 Å². The minimum atomic E-state index is -0.824. The van der Waals surface area contributed by atoms with Crippen LogP contribution in [-0.2, 0) is 14.3 Å². The van der Waals surface area contributed by atoms with Crippen LogP contribution in [0.25, 0.3) is 11.7 Å². The van der Waals surface area contributed by atoms with Crippen LogP contribution >= 0.6 is 24.0 Å². The number of rotatable bonds is 8. The summed E-state index contributed by atoms with van der Waals surface area (Å²) >= 11 is 6.60. The zero-order valence-electron chi connectivity index (χ0n) is 18.9. The highest BCUT2D eigenvalue weighted by atomic mass is 32.2. The van der Waals surface area contributed by atoms with Crippen molar-refractivity contribution in [3.05, 3.63) is 44.7 Å². The number of ether oxygens (including phenoxy) is 1. The molecule has 0 bridgehead atoms. The number of fused-ring (bicyclic) bond motifs is 1. The predicted octanol–water partition coefficient (Wildman–Crippen LogP) is 2.69. The largest absolute Gasteiger partial charge is 0.481 e. The Morgan fingerprint density at radius 1 is 1.24 bits per heavy atom. The number of thioether (sulfide) groups is 1. The molecule has 0 atom stereocenters. The summed E-state index contributed by atoms with van der Waals surface area (Å²) in [5, 5.41) is 8.76. The summed E-state index contributed by atoms with van der Waals surface area (Å²) in [6.45, 7) is 4.62. The molecule has 1 amide bonds. The Labute approximate surface area is 206 Å². The molecule has 4 heterocycles. The number of unbranched alkanes of at least 4 members (excludes halogenated alkanes) is 2. The molecule has 0 unspecified atom stereocenters. The minimum Gasteiger partial charge on any atom is -0.481 e. The molecule has 9 nitrogen and oxygen atoms in total. The molecule has 2 fully saturated rings. The van der Waals surface area contributed by atoms with Gasteiger partial charge in [0.2, 0.25) is 0 Å². The lowest BCUT2D eigenvalue weighted by atomic mass is 10.2. The summed E-state index contributed by atoms with van der Waals surface area (Å²) in [5.41, 5.74) is 1.58. The maximum Gasteiger partial charge on any atom is 0.303 e. The van der Waals surface area contributed by atoms with Crippen molar-refractivity contribution in [1.29, 1.82) is 0 Å². The lowest BCUT2D eigenvalue weighted by Gasteiger charge is -2.29. The second-order valence-electron chi connectivity index (χ2n) is 8.23. The van der Waals surface area contributed by atoms with Gasteiger partial charge in [0.05, 0.1) is 23.7 Å². The first-order chi connectivity index (χ1) is 16.3. The van der Waals surface area contributed by atoms with Crippen LogP contribution in [0.3, 0.4) is 0 Å². The molecule has 2 saturated heterocycles. The Morgan fingerprint density at radius 2 is 2.00 bits per heavy atom. The smallest absolute Gasteiger partial charge is 0.303 e. The van der Waals surface area contributed by atoms with Gasteiger partial charge in [0.25, 0.3) is 11.5 Å². The summed E-state index contributed by atoms with van der Waals surface area (Å²) in [6.07, 6.45) is 5.37. The fourth-order valence-electron chi connectivity index (χ4n) is 3.94. The average Bonchev–Trinajstić information content (AvgIpc) is 3.08. The van der Waals surface area contributed by atoms with Crippen LogP contribution in [0.1, 0.15) is 36.8 Å². The number of hydrogen-bond donors (Lipinski definition) is 1. The number of nitrogens with zero attached hydrogens (tertiary/aromatic N) is 4. The number of aromatic nitrogens is 2. The normalized spacial score (nSPS) is 17.9. The van der Waals surface area contributed by atoms with Crippen molar-refractivity contribution in [2.75, 3.05) is 37.7 Å². The van der Waals surface area contributed by atoms with E-state index < -0.39 is 5.97 Å². The molecule has 180 valence electrons. The zero-order chi connectivity index (χ0) is 24.2. The Kier molecular flexibility index (Phi) is 7.64. The van der Waals surface area contributed by atoms with E-state index in [0.717, 1.165) is 5.56 Å². The van der Waals surface area contributed by atoms with E-state index in [0.29, 0.717) is 78.4 Å². The maximum atomic E-state index is 13.5. The first kappa shape index (κ1) is 24.4. The summed E-state index contributed by atoms with van der Waals surface area (Å²) in [4.78, 5) is 46.0. The summed E-state index contributed by atoms with van der Waals surface area (Å²) in [5.74, 6) is -0.527. The highest BCUT2D eigenvalue weighted by Gasteiger charge is 2.32. The molecule has 0 aromatic carbocycles.